The second kappa shape index (κ2) is 17.2. The molecule has 0 unspecified atom stereocenters. The summed E-state index contributed by atoms with van der Waals surface area (Å²) in [5.74, 6) is 0.587. The summed E-state index contributed by atoms with van der Waals surface area (Å²) in [7, 11) is -0.880. The predicted molar refractivity (Wildman–Crippen MR) is 127 cm³/mol. The van der Waals surface area contributed by atoms with Gasteiger partial charge in [-0.3, -0.25) is 0 Å². The molecule has 1 N–H and O–H groups in total. The van der Waals surface area contributed by atoms with E-state index in [2.05, 4.69) is 75.4 Å². The molecule has 168 valence electrons. The van der Waals surface area contributed by atoms with Gasteiger partial charge in [-0.15, -0.1) is 34.5 Å². The van der Waals surface area contributed by atoms with Crippen molar-refractivity contribution in [2.45, 2.75) is 71.9 Å². The van der Waals surface area contributed by atoms with Crippen molar-refractivity contribution in [3.8, 4) is 11.1 Å². The fourth-order valence-corrected chi connectivity index (χ4v) is 3.50. The van der Waals surface area contributed by atoms with Gasteiger partial charge in [0.05, 0.1) is 0 Å². The zero-order chi connectivity index (χ0) is 20.5. The van der Waals surface area contributed by atoms with Gasteiger partial charge < -0.3 is 29.6 Å². The summed E-state index contributed by atoms with van der Waals surface area (Å²) in [6.45, 7) is 10.4. The molecule has 0 spiro atoms. The number of halogens is 2. The zero-order valence-corrected chi connectivity index (χ0v) is 24.5. The number of benzene rings is 2. The molecular formula is C26H36Cl2OSiZr. The Hall–Kier alpha value is -0.310. The molecule has 3 rings (SSSR count). The predicted octanol–water partition coefficient (Wildman–Crippen LogP) is 1.71. The smallest absolute Gasteiger partial charge is 1.00 e. The number of hydrogen-bond donors (Lipinski definition) is 1. The van der Waals surface area contributed by atoms with E-state index in [4.69, 9.17) is 4.80 Å². The normalized spacial score (nSPS) is 10.1. The van der Waals surface area contributed by atoms with Crippen LogP contribution < -0.4 is 24.8 Å². The molecule has 0 amide bonds. The Morgan fingerprint density at radius 1 is 0.935 bits per heavy atom. The summed E-state index contributed by atoms with van der Waals surface area (Å²) in [4.78, 5) is 8.16. The number of rotatable bonds is 7. The molecule has 0 bridgehead atoms. The second-order valence-corrected chi connectivity index (χ2v) is 10.1. The van der Waals surface area contributed by atoms with E-state index in [0.717, 1.165) is 0 Å². The van der Waals surface area contributed by atoms with Gasteiger partial charge in [0.1, 0.15) is 0 Å². The summed E-state index contributed by atoms with van der Waals surface area (Å²) in [5.41, 5.74) is 5.59. The minimum Gasteiger partial charge on any atom is -1.00 e. The average molecular weight is 555 g/mol. The quantitative estimate of drug-likeness (QED) is 0.268. The van der Waals surface area contributed by atoms with Gasteiger partial charge in [-0.2, -0.15) is 6.07 Å². The van der Waals surface area contributed by atoms with Crippen LogP contribution in [0.3, 0.4) is 0 Å². The first-order valence-electron chi connectivity index (χ1n) is 10.7. The van der Waals surface area contributed by atoms with Crippen molar-refractivity contribution in [1.82, 2.24) is 0 Å². The Morgan fingerprint density at radius 2 is 1.55 bits per heavy atom. The third-order valence-electron chi connectivity index (χ3n) is 5.02. The molecule has 2 radical (unpaired) electrons. The van der Waals surface area contributed by atoms with Crippen molar-refractivity contribution in [2.24, 2.45) is 0 Å². The average Bonchev–Trinajstić information content (AvgIpc) is 3.08. The van der Waals surface area contributed by atoms with Crippen LogP contribution in [0.25, 0.3) is 21.9 Å². The minimum atomic E-state index is -0.880. The van der Waals surface area contributed by atoms with E-state index in [1.807, 2.05) is 13.1 Å². The van der Waals surface area contributed by atoms with Gasteiger partial charge in [0, 0.05) is 0 Å². The van der Waals surface area contributed by atoms with E-state index in [-0.39, 0.29) is 51.0 Å². The molecule has 0 fully saturated rings. The maximum atomic E-state index is 8.16. The van der Waals surface area contributed by atoms with Crippen molar-refractivity contribution >= 4 is 19.8 Å². The van der Waals surface area contributed by atoms with Crippen LogP contribution in [-0.4, -0.2) is 13.8 Å². The van der Waals surface area contributed by atoms with Crippen LogP contribution in [0.2, 0.25) is 13.1 Å². The van der Waals surface area contributed by atoms with Crippen molar-refractivity contribution in [3.05, 3.63) is 65.7 Å². The Bertz CT molecular complexity index is 841. The van der Waals surface area contributed by atoms with Crippen LogP contribution >= 0.6 is 0 Å². The van der Waals surface area contributed by atoms with E-state index in [1.165, 1.54) is 65.1 Å². The van der Waals surface area contributed by atoms with Crippen LogP contribution in [0.5, 0.6) is 0 Å². The molecule has 0 saturated carbocycles. The monoisotopic (exact) mass is 552 g/mol. The van der Waals surface area contributed by atoms with E-state index >= 15 is 0 Å². The third-order valence-corrected chi connectivity index (χ3v) is 5.02. The van der Waals surface area contributed by atoms with Crippen LogP contribution in [0.15, 0.2) is 54.6 Å². The fourth-order valence-electron chi connectivity index (χ4n) is 3.50. The number of hydrogen-bond acceptors (Lipinski definition) is 1. The maximum Gasteiger partial charge on any atom is 3.00 e. The largest absolute Gasteiger partial charge is 3.00 e. The molecule has 0 aliphatic heterocycles. The van der Waals surface area contributed by atoms with E-state index in [1.54, 1.807) is 0 Å². The first-order valence-corrected chi connectivity index (χ1v) is 13.1. The molecule has 3 aromatic carbocycles. The molecule has 0 saturated heterocycles. The molecule has 0 heterocycles. The van der Waals surface area contributed by atoms with Gasteiger partial charge in [-0.05, 0) is 36.6 Å². The molecule has 5 heteroatoms. The standard InChI is InChI=1S/C24H29.C2H7OSi.2ClH.Zr/c1-4-5-6-7-9-19-16-22-10-8-11-23(24(22)17-19)21-14-12-20(13-15-21)18(2)3;1-4(2)3;;;/h8,10-18H,4-7,9H2,1-3H3;3H,1-2H3;2*1H;/q-1;;;;+3/p-2. The van der Waals surface area contributed by atoms with Gasteiger partial charge in [0.25, 0.3) is 0 Å². The van der Waals surface area contributed by atoms with E-state index < -0.39 is 9.04 Å². The van der Waals surface area contributed by atoms with Crippen molar-refractivity contribution < 1.29 is 55.8 Å². The molecule has 0 aromatic heterocycles. The number of fused-ring (bicyclic) bond motifs is 1. The summed E-state index contributed by atoms with van der Waals surface area (Å²) < 4.78 is 0. The zero-order valence-electron chi connectivity index (χ0n) is 19.5. The van der Waals surface area contributed by atoms with Gasteiger partial charge in [-0.25, -0.2) is 0 Å². The minimum absolute atomic E-state index is 0. The van der Waals surface area contributed by atoms with Crippen molar-refractivity contribution in [3.63, 3.8) is 0 Å². The van der Waals surface area contributed by atoms with Crippen LogP contribution in [0, 0.1) is 0 Å². The third kappa shape index (κ3) is 10.9. The Balaban J connectivity index is 0. The number of aryl methyl sites for hydroxylation is 1. The molecule has 1 nitrogen and oxygen atoms in total. The maximum absolute atomic E-state index is 8.16. The van der Waals surface area contributed by atoms with Crippen LogP contribution in [-0.2, 0) is 32.6 Å². The summed E-state index contributed by atoms with van der Waals surface area (Å²) >= 11 is 0. The van der Waals surface area contributed by atoms with Crippen molar-refractivity contribution in [1.29, 1.82) is 0 Å². The first kappa shape index (κ1) is 32.9. The van der Waals surface area contributed by atoms with E-state index in [9.17, 15) is 0 Å². The number of unbranched alkanes of at least 4 members (excludes halogenated alkanes) is 3. The molecule has 3 aromatic rings. The Labute approximate surface area is 223 Å². The summed E-state index contributed by atoms with van der Waals surface area (Å²) in [6.07, 6.45) is 6.53. The van der Waals surface area contributed by atoms with Gasteiger partial charge >= 0.3 is 26.2 Å². The molecule has 0 aliphatic carbocycles. The molecule has 31 heavy (non-hydrogen) atoms. The molecule has 0 aliphatic rings. The summed E-state index contributed by atoms with van der Waals surface area (Å²) in [6, 6.07) is 20.6. The van der Waals surface area contributed by atoms with Crippen molar-refractivity contribution in [2.75, 3.05) is 0 Å². The van der Waals surface area contributed by atoms with Gasteiger partial charge in [0.2, 0.25) is 0 Å². The SMILES string of the molecule is CCCCCCc1cc2c(-c3ccc(C(C)C)cc3)cccc2[cH-]1.C[Si](C)O.[Cl-].[Cl-].[Zr+3]. The fraction of sp³-hybridized carbons (Fsp3) is 0.423. The summed E-state index contributed by atoms with van der Waals surface area (Å²) in [5, 5.41) is 2.78. The van der Waals surface area contributed by atoms with E-state index in [0.29, 0.717) is 5.92 Å². The second-order valence-electron chi connectivity index (χ2n) is 8.21. The molecule has 0 atom stereocenters. The Morgan fingerprint density at radius 3 is 2.10 bits per heavy atom. The van der Waals surface area contributed by atoms with Gasteiger partial charge in [-0.1, -0.05) is 82.3 Å². The van der Waals surface area contributed by atoms with Crippen LogP contribution in [0.1, 0.15) is 63.5 Å². The first-order chi connectivity index (χ1) is 13.4. The van der Waals surface area contributed by atoms with Crippen LogP contribution in [0.4, 0.5) is 0 Å². The van der Waals surface area contributed by atoms with Gasteiger partial charge in [0.15, 0.2) is 9.04 Å². The topological polar surface area (TPSA) is 20.2 Å². The molecular weight excluding hydrogens is 519 g/mol. The Kier molecular flexibility index (Phi) is 18.2.